The van der Waals surface area contributed by atoms with Crippen LogP contribution in [0.5, 0.6) is 5.75 Å². The Morgan fingerprint density at radius 2 is 1.92 bits per heavy atom. The number of aryl methyl sites for hydroxylation is 1. The zero-order valence-corrected chi connectivity index (χ0v) is 15.8. The van der Waals surface area contributed by atoms with Gasteiger partial charge in [-0.05, 0) is 51.0 Å². The minimum absolute atomic E-state index is 0.0351. The SMILES string of the molecule is CCCCOc1ccc2c(=O)n(CCCCN(CC)CC)cnc2c1. The number of ether oxygens (including phenoxy) is 1. The predicted molar refractivity (Wildman–Crippen MR) is 103 cm³/mol. The van der Waals surface area contributed by atoms with E-state index in [9.17, 15) is 4.79 Å². The second-order valence-electron chi connectivity index (χ2n) is 6.36. The lowest BCUT2D eigenvalue weighted by atomic mass is 10.2. The van der Waals surface area contributed by atoms with Crippen LogP contribution in [0.3, 0.4) is 0 Å². The fraction of sp³-hybridized carbons (Fsp3) is 0.600. The zero-order valence-electron chi connectivity index (χ0n) is 15.8. The number of unbranched alkanes of at least 4 members (excludes halogenated alkanes) is 2. The molecule has 5 nitrogen and oxygen atoms in total. The maximum absolute atomic E-state index is 12.6. The Balaban J connectivity index is 1.99. The first-order valence-electron chi connectivity index (χ1n) is 9.53. The summed E-state index contributed by atoms with van der Waals surface area (Å²) < 4.78 is 7.42. The Hall–Kier alpha value is -1.88. The van der Waals surface area contributed by atoms with E-state index in [0.717, 1.165) is 57.6 Å². The third-order valence-corrected chi connectivity index (χ3v) is 4.58. The van der Waals surface area contributed by atoms with Crippen molar-refractivity contribution in [3.8, 4) is 5.75 Å². The lowest BCUT2D eigenvalue weighted by molar-refractivity contribution is 0.294. The Kier molecular flexibility index (Phi) is 7.92. The van der Waals surface area contributed by atoms with Crippen LogP contribution in [0.4, 0.5) is 0 Å². The van der Waals surface area contributed by atoms with Crippen LogP contribution in [0.25, 0.3) is 10.9 Å². The molecule has 0 amide bonds. The fourth-order valence-electron chi connectivity index (χ4n) is 2.88. The Bertz CT molecular complexity index is 708. The van der Waals surface area contributed by atoms with Crippen molar-refractivity contribution in [2.75, 3.05) is 26.2 Å². The molecule has 2 rings (SSSR count). The van der Waals surface area contributed by atoms with Gasteiger partial charge in [0.2, 0.25) is 0 Å². The second kappa shape index (κ2) is 10.2. The number of hydrogen-bond acceptors (Lipinski definition) is 4. The monoisotopic (exact) mass is 345 g/mol. The van der Waals surface area contributed by atoms with Crippen molar-refractivity contribution in [3.63, 3.8) is 0 Å². The molecule has 0 radical (unpaired) electrons. The number of rotatable bonds is 11. The molecule has 0 saturated carbocycles. The molecule has 0 fully saturated rings. The second-order valence-corrected chi connectivity index (χ2v) is 6.36. The zero-order chi connectivity index (χ0) is 18.1. The molecule has 5 heteroatoms. The molecule has 0 bridgehead atoms. The van der Waals surface area contributed by atoms with E-state index >= 15 is 0 Å². The van der Waals surface area contributed by atoms with Crippen LogP contribution in [-0.4, -0.2) is 40.7 Å². The molecule has 1 aromatic heterocycles. The van der Waals surface area contributed by atoms with Crippen LogP contribution >= 0.6 is 0 Å². The molecule has 1 aromatic carbocycles. The summed E-state index contributed by atoms with van der Waals surface area (Å²) in [7, 11) is 0. The van der Waals surface area contributed by atoms with Gasteiger partial charge in [0.25, 0.3) is 5.56 Å². The first-order chi connectivity index (χ1) is 12.2. The van der Waals surface area contributed by atoms with Crippen LogP contribution in [-0.2, 0) is 6.54 Å². The first-order valence-corrected chi connectivity index (χ1v) is 9.53. The summed E-state index contributed by atoms with van der Waals surface area (Å²) in [5.74, 6) is 0.782. The Morgan fingerprint density at radius 3 is 2.64 bits per heavy atom. The minimum Gasteiger partial charge on any atom is -0.494 e. The minimum atomic E-state index is 0.0351. The molecule has 2 aromatic rings. The largest absolute Gasteiger partial charge is 0.494 e. The van der Waals surface area contributed by atoms with Gasteiger partial charge in [0.1, 0.15) is 5.75 Å². The molecule has 0 N–H and O–H groups in total. The van der Waals surface area contributed by atoms with E-state index in [2.05, 4.69) is 30.7 Å². The van der Waals surface area contributed by atoms with E-state index in [1.54, 1.807) is 10.9 Å². The summed E-state index contributed by atoms with van der Waals surface area (Å²) in [6, 6.07) is 5.56. The molecule has 138 valence electrons. The third-order valence-electron chi connectivity index (χ3n) is 4.58. The van der Waals surface area contributed by atoms with Crippen LogP contribution in [0.2, 0.25) is 0 Å². The lowest BCUT2D eigenvalue weighted by Crippen LogP contribution is -2.25. The van der Waals surface area contributed by atoms with Gasteiger partial charge in [0.15, 0.2) is 0 Å². The molecule has 0 aliphatic rings. The molecule has 25 heavy (non-hydrogen) atoms. The predicted octanol–water partition coefficient (Wildman–Crippen LogP) is 3.70. The molecule has 0 unspecified atom stereocenters. The van der Waals surface area contributed by atoms with E-state index in [-0.39, 0.29) is 5.56 Å². The lowest BCUT2D eigenvalue weighted by Gasteiger charge is -2.17. The quantitative estimate of drug-likeness (QED) is 0.583. The van der Waals surface area contributed by atoms with E-state index in [4.69, 9.17) is 4.74 Å². The Labute approximate surface area is 150 Å². The van der Waals surface area contributed by atoms with Gasteiger partial charge in [0, 0.05) is 12.6 Å². The first kappa shape index (κ1) is 19.4. The maximum atomic E-state index is 12.6. The van der Waals surface area contributed by atoms with Crippen LogP contribution in [0.1, 0.15) is 46.5 Å². The van der Waals surface area contributed by atoms with Crippen LogP contribution in [0, 0.1) is 0 Å². The molecular weight excluding hydrogens is 314 g/mol. The highest BCUT2D eigenvalue weighted by molar-refractivity contribution is 5.78. The van der Waals surface area contributed by atoms with Gasteiger partial charge in [-0.15, -0.1) is 0 Å². The van der Waals surface area contributed by atoms with Gasteiger partial charge in [-0.1, -0.05) is 27.2 Å². The number of hydrogen-bond donors (Lipinski definition) is 0. The van der Waals surface area contributed by atoms with E-state index in [1.165, 1.54) is 0 Å². The average Bonchev–Trinajstić information content (AvgIpc) is 2.64. The maximum Gasteiger partial charge on any atom is 0.261 e. The number of fused-ring (bicyclic) bond motifs is 1. The number of nitrogens with zero attached hydrogens (tertiary/aromatic N) is 3. The third kappa shape index (κ3) is 5.56. The van der Waals surface area contributed by atoms with Crippen molar-refractivity contribution in [2.45, 2.75) is 53.0 Å². The van der Waals surface area contributed by atoms with Crippen molar-refractivity contribution in [2.24, 2.45) is 0 Å². The highest BCUT2D eigenvalue weighted by Gasteiger charge is 2.06. The summed E-state index contributed by atoms with van der Waals surface area (Å²) >= 11 is 0. The molecule has 0 saturated heterocycles. The topological polar surface area (TPSA) is 47.4 Å². The number of aromatic nitrogens is 2. The molecule has 0 aliphatic carbocycles. The molecule has 0 atom stereocenters. The summed E-state index contributed by atoms with van der Waals surface area (Å²) in [6.07, 6.45) is 5.88. The Morgan fingerprint density at radius 1 is 1.12 bits per heavy atom. The van der Waals surface area contributed by atoms with Crippen molar-refractivity contribution in [1.82, 2.24) is 14.5 Å². The number of benzene rings is 1. The van der Waals surface area contributed by atoms with Crippen LogP contribution < -0.4 is 10.3 Å². The summed E-state index contributed by atoms with van der Waals surface area (Å²) in [5, 5.41) is 0.661. The molecule has 0 spiro atoms. The van der Waals surface area contributed by atoms with Crippen molar-refractivity contribution in [1.29, 1.82) is 0 Å². The van der Waals surface area contributed by atoms with Gasteiger partial charge in [-0.25, -0.2) is 4.98 Å². The van der Waals surface area contributed by atoms with E-state index in [1.807, 2.05) is 18.2 Å². The molecular formula is C20H31N3O2. The normalized spacial score (nSPS) is 11.4. The van der Waals surface area contributed by atoms with Gasteiger partial charge in [-0.3, -0.25) is 9.36 Å². The van der Waals surface area contributed by atoms with Crippen molar-refractivity contribution < 1.29 is 4.74 Å². The summed E-state index contributed by atoms with van der Waals surface area (Å²) in [6.45, 7) is 11.2. The average molecular weight is 345 g/mol. The van der Waals surface area contributed by atoms with E-state index in [0.29, 0.717) is 17.5 Å². The van der Waals surface area contributed by atoms with Crippen molar-refractivity contribution >= 4 is 10.9 Å². The highest BCUT2D eigenvalue weighted by Crippen LogP contribution is 2.17. The van der Waals surface area contributed by atoms with Crippen molar-refractivity contribution in [3.05, 3.63) is 34.9 Å². The molecule has 0 aliphatic heterocycles. The van der Waals surface area contributed by atoms with E-state index < -0.39 is 0 Å². The van der Waals surface area contributed by atoms with Gasteiger partial charge in [0.05, 0.1) is 23.8 Å². The standard InChI is InChI=1S/C20H31N3O2/c1-4-7-14-25-17-10-11-18-19(15-17)21-16-23(20(18)24)13-9-8-12-22(5-2)6-3/h10-11,15-16H,4-9,12-14H2,1-3H3. The summed E-state index contributed by atoms with van der Waals surface area (Å²) in [5.41, 5.74) is 0.742. The fourth-order valence-corrected chi connectivity index (χ4v) is 2.88. The smallest absolute Gasteiger partial charge is 0.261 e. The van der Waals surface area contributed by atoms with Gasteiger partial charge >= 0.3 is 0 Å². The highest BCUT2D eigenvalue weighted by atomic mass is 16.5. The molecule has 1 heterocycles. The van der Waals surface area contributed by atoms with Gasteiger partial charge < -0.3 is 9.64 Å². The summed E-state index contributed by atoms with van der Waals surface area (Å²) in [4.78, 5) is 19.5. The van der Waals surface area contributed by atoms with Crippen LogP contribution in [0.15, 0.2) is 29.3 Å². The van der Waals surface area contributed by atoms with Gasteiger partial charge in [-0.2, -0.15) is 0 Å².